The average molecular weight is 221 g/mol. The molecule has 1 aromatic rings. The summed E-state index contributed by atoms with van der Waals surface area (Å²) in [6.45, 7) is 0.549. The second kappa shape index (κ2) is 3.73. The second-order valence-electron chi connectivity index (χ2n) is 1.96. The standard InChI is InChI=1S/C6H9BrN2O2/c1-11-6-4-5(7)9(8-6)2-3-10/h4,10H,2-3H2,1H3. The predicted molar refractivity (Wildman–Crippen MR) is 43.6 cm³/mol. The highest BCUT2D eigenvalue weighted by Gasteiger charge is 2.03. The van der Waals surface area contributed by atoms with Crippen molar-refractivity contribution in [1.29, 1.82) is 0 Å². The van der Waals surface area contributed by atoms with E-state index < -0.39 is 0 Å². The molecule has 0 amide bonds. The summed E-state index contributed by atoms with van der Waals surface area (Å²) < 4.78 is 7.31. The monoisotopic (exact) mass is 220 g/mol. The Bertz CT molecular complexity index is 236. The average Bonchev–Trinajstić information content (AvgIpc) is 2.33. The van der Waals surface area contributed by atoms with Crippen LogP contribution in [0.5, 0.6) is 5.88 Å². The van der Waals surface area contributed by atoms with Gasteiger partial charge in [-0.05, 0) is 15.9 Å². The lowest BCUT2D eigenvalue weighted by molar-refractivity contribution is 0.266. The highest BCUT2D eigenvalue weighted by atomic mass is 79.9. The molecule has 0 unspecified atom stereocenters. The first kappa shape index (κ1) is 8.55. The van der Waals surface area contributed by atoms with Crippen molar-refractivity contribution in [3.63, 3.8) is 0 Å². The lowest BCUT2D eigenvalue weighted by Gasteiger charge is -1.97. The van der Waals surface area contributed by atoms with E-state index in [0.717, 1.165) is 4.60 Å². The molecule has 5 heteroatoms. The summed E-state index contributed by atoms with van der Waals surface area (Å²) in [4.78, 5) is 0. The number of nitrogens with zero attached hydrogens (tertiary/aromatic N) is 2. The number of aliphatic hydroxyl groups excluding tert-OH is 1. The second-order valence-corrected chi connectivity index (χ2v) is 2.77. The number of aromatic nitrogens is 2. The van der Waals surface area contributed by atoms with Crippen LogP contribution in [-0.2, 0) is 6.54 Å². The van der Waals surface area contributed by atoms with Crippen molar-refractivity contribution >= 4 is 15.9 Å². The predicted octanol–water partition coefficient (Wildman–Crippen LogP) is 0.646. The van der Waals surface area contributed by atoms with E-state index in [0.29, 0.717) is 12.4 Å². The molecule has 1 aromatic heterocycles. The largest absolute Gasteiger partial charge is 0.480 e. The number of hydrogen-bond donors (Lipinski definition) is 1. The maximum absolute atomic E-state index is 8.60. The van der Waals surface area contributed by atoms with Crippen LogP contribution in [0.25, 0.3) is 0 Å². The summed E-state index contributed by atoms with van der Waals surface area (Å²) in [5, 5.41) is 12.6. The third-order valence-electron chi connectivity index (χ3n) is 1.23. The van der Waals surface area contributed by atoms with Crippen molar-refractivity contribution in [3.8, 4) is 5.88 Å². The van der Waals surface area contributed by atoms with Crippen molar-refractivity contribution in [2.75, 3.05) is 13.7 Å². The van der Waals surface area contributed by atoms with Gasteiger partial charge < -0.3 is 9.84 Å². The van der Waals surface area contributed by atoms with E-state index in [1.54, 1.807) is 17.9 Å². The van der Waals surface area contributed by atoms with Crippen LogP contribution >= 0.6 is 15.9 Å². The number of halogens is 1. The minimum Gasteiger partial charge on any atom is -0.480 e. The molecule has 0 saturated carbocycles. The Hall–Kier alpha value is -0.550. The number of ether oxygens (including phenoxy) is 1. The van der Waals surface area contributed by atoms with E-state index in [-0.39, 0.29) is 6.61 Å². The molecule has 0 spiro atoms. The van der Waals surface area contributed by atoms with Crippen LogP contribution in [0.4, 0.5) is 0 Å². The summed E-state index contributed by atoms with van der Waals surface area (Å²) in [7, 11) is 1.55. The van der Waals surface area contributed by atoms with Crippen LogP contribution in [0.15, 0.2) is 10.7 Å². The van der Waals surface area contributed by atoms with E-state index in [4.69, 9.17) is 9.84 Å². The van der Waals surface area contributed by atoms with Crippen LogP contribution in [0.1, 0.15) is 0 Å². The van der Waals surface area contributed by atoms with Gasteiger partial charge >= 0.3 is 0 Å². The molecule has 0 aliphatic heterocycles. The van der Waals surface area contributed by atoms with Crippen LogP contribution in [0.2, 0.25) is 0 Å². The Labute approximate surface area is 72.9 Å². The third-order valence-corrected chi connectivity index (χ3v) is 1.87. The lowest BCUT2D eigenvalue weighted by atomic mass is 10.7. The molecule has 0 saturated heterocycles. The maximum atomic E-state index is 8.60. The molecular formula is C6H9BrN2O2. The minimum atomic E-state index is 0.0729. The normalized spacial score (nSPS) is 10.1. The molecule has 1 rings (SSSR count). The molecule has 0 fully saturated rings. The summed E-state index contributed by atoms with van der Waals surface area (Å²) >= 11 is 3.27. The highest BCUT2D eigenvalue weighted by Crippen LogP contribution is 2.16. The first-order chi connectivity index (χ1) is 5.27. The Morgan fingerprint density at radius 1 is 1.82 bits per heavy atom. The topological polar surface area (TPSA) is 47.3 Å². The fourth-order valence-electron chi connectivity index (χ4n) is 0.723. The van der Waals surface area contributed by atoms with Gasteiger partial charge in [0, 0.05) is 6.07 Å². The maximum Gasteiger partial charge on any atom is 0.233 e. The van der Waals surface area contributed by atoms with Crippen molar-refractivity contribution in [1.82, 2.24) is 9.78 Å². The van der Waals surface area contributed by atoms with Gasteiger partial charge in [0.05, 0.1) is 20.3 Å². The first-order valence-corrected chi connectivity index (χ1v) is 3.95. The zero-order valence-electron chi connectivity index (χ0n) is 6.12. The van der Waals surface area contributed by atoms with Gasteiger partial charge in [-0.25, -0.2) is 0 Å². The highest BCUT2D eigenvalue weighted by molar-refractivity contribution is 9.10. The van der Waals surface area contributed by atoms with Crippen LogP contribution in [-0.4, -0.2) is 28.6 Å². The van der Waals surface area contributed by atoms with E-state index in [1.807, 2.05) is 0 Å². The molecule has 0 radical (unpaired) electrons. The van der Waals surface area contributed by atoms with Gasteiger partial charge in [0.15, 0.2) is 0 Å². The molecule has 11 heavy (non-hydrogen) atoms. The summed E-state index contributed by atoms with van der Waals surface area (Å²) in [6.07, 6.45) is 0. The zero-order valence-corrected chi connectivity index (χ0v) is 7.71. The molecular weight excluding hydrogens is 212 g/mol. The van der Waals surface area contributed by atoms with Gasteiger partial charge in [0.2, 0.25) is 5.88 Å². The summed E-state index contributed by atoms with van der Waals surface area (Å²) in [5.74, 6) is 0.547. The fraction of sp³-hybridized carbons (Fsp3) is 0.500. The molecule has 0 bridgehead atoms. The van der Waals surface area contributed by atoms with Crippen molar-refractivity contribution in [3.05, 3.63) is 10.7 Å². The molecule has 62 valence electrons. The Balaban J connectivity index is 2.79. The molecule has 1 N–H and O–H groups in total. The first-order valence-electron chi connectivity index (χ1n) is 3.16. The van der Waals surface area contributed by atoms with Crippen LogP contribution in [0.3, 0.4) is 0 Å². The van der Waals surface area contributed by atoms with E-state index in [1.165, 1.54) is 0 Å². The number of hydrogen-bond acceptors (Lipinski definition) is 3. The molecule has 4 nitrogen and oxygen atoms in total. The Kier molecular flexibility index (Phi) is 2.90. The van der Waals surface area contributed by atoms with E-state index in [2.05, 4.69) is 21.0 Å². The van der Waals surface area contributed by atoms with Gasteiger partial charge in [-0.2, -0.15) is 0 Å². The Morgan fingerprint density at radius 3 is 3.00 bits per heavy atom. The lowest BCUT2D eigenvalue weighted by Crippen LogP contribution is -2.03. The quantitative estimate of drug-likeness (QED) is 0.814. The molecule has 1 heterocycles. The van der Waals surface area contributed by atoms with Crippen molar-refractivity contribution < 1.29 is 9.84 Å². The fourth-order valence-corrected chi connectivity index (χ4v) is 1.18. The van der Waals surface area contributed by atoms with Crippen LogP contribution in [0, 0.1) is 0 Å². The smallest absolute Gasteiger partial charge is 0.233 e. The third kappa shape index (κ3) is 1.94. The van der Waals surface area contributed by atoms with Crippen molar-refractivity contribution in [2.24, 2.45) is 0 Å². The zero-order chi connectivity index (χ0) is 8.27. The summed E-state index contributed by atoms with van der Waals surface area (Å²) in [5.41, 5.74) is 0. The van der Waals surface area contributed by atoms with Gasteiger partial charge in [-0.1, -0.05) is 0 Å². The summed E-state index contributed by atoms with van der Waals surface area (Å²) in [6, 6.07) is 1.75. The molecule has 0 aliphatic carbocycles. The number of methoxy groups -OCH3 is 1. The van der Waals surface area contributed by atoms with E-state index >= 15 is 0 Å². The van der Waals surface area contributed by atoms with Crippen LogP contribution < -0.4 is 4.74 Å². The van der Waals surface area contributed by atoms with Gasteiger partial charge in [-0.3, -0.25) is 4.68 Å². The van der Waals surface area contributed by atoms with Gasteiger partial charge in [0.1, 0.15) is 4.60 Å². The number of aliphatic hydroxyl groups is 1. The van der Waals surface area contributed by atoms with Crippen molar-refractivity contribution in [2.45, 2.75) is 6.54 Å². The Morgan fingerprint density at radius 2 is 2.55 bits per heavy atom. The molecule has 0 atom stereocenters. The minimum absolute atomic E-state index is 0.0729. The van der Waals surface area contributed by atoms with E-state index in [9.17, 15) is 0 Å². The molecule has 0 aromatic carbocycles. The number of rotatable bonds is 3. The molecule has 0 aliphatic rings. The SMILES string of the molecule is COc1cc(Br)n(CCO)n1. The van der Waals surface area contributed by atoms with Gasteiger partial charge in [-0.15, -0.1) is 5.10 Å². The van der Waals surface area contributed by atoms with Gasteiger partial charge in [0.25, 0.3) is 0 Å².